The molecule has 0 aliphatic carbocycles. The Morgan fingerprint density at radius 3 is 2.83 bits per heavy atom. The van der Waals surface area contributed by atoms with Gasteiger partial charge in [-0.3, -0.25) is 0 Å². The van der Waals surface area contributed by atoms with E-state index in [2.05, 4.69) is 55.7 Å². The molecule has 0 atom stereocenters. The molecule has 0 spiro atoms. The highest BCUT2D eigenvalue weighted by atomic mass is 32.2. The summed E-state index contributed by atoms with van der Waals surface area (Å²) in [5.41, 5.74) is 6.36. The van der Waals surface area contributed by atoms with E-state index in [1.165, 1.54) is 0 Å². The van der Waals surface area contributed by atoms with E-state index >= 15 is 0 Å². The van der Waals surface area contributed by atoms with Crippen LogP contribution in [0.15, 0.2) is 71.5 Å². The molecule has 0 saturated carbocycles. The molecule has 0 bridgehead atoms. The van der Waals surface area contributed by atoms with Crippen LogP contribution < -0.4 is 9.88 Å². The number of thiazole rings is 1. The van der Waals surface area contributed by atoms with E-state index < -0.39 is 0 Å². The van der Waals surface area contributed by atoms with E-state index in [-0.39, 0.29) is 0 Å². The van der Waals surface area contributed by atoms with Gasteiger partial charge in [-0.15, -0.1) is 16.3 Å². The highest BCUT2D eigenvalue weighted by molar-refractivity contribution is 7.98. The van der Waals surface area contributed by atoms with E-state index in [1.807, 2.05) is 36.8 Å². The Kier molecular flexibility index (Phi) is 4.15. The highest BCUT2D eigenvalue weighted by Crippen LogP contribution is 2.26. The average Bonchev–Trinajstić information content (AvgIpc) is 3.06. The predicted molar refractivity (Wildman–Crippen MR) is 100 cm³/mol. The van der Waals surface area contributed by atoms with Crippen molar-refractivity contribution >= 4 is 44.8 Å². The Labute approximate surface area is 148 Å². The van der Waals surface area contributed by atoms with Crippen molar-refractivity contribution in [1.29, 1.82) is 0 Å². The Hall–Kier alpha value is -2.44. The average molecular weight is 351 g/mol. The van der Waals surface area contributed by atoms with Gasteiger partial charge < -0.3 is 5.32 Å². The van der Waals surface area contributed by atoms with Gasteiger partial charge in [-0.1, -0.05) is 6.07 Å². The third kappa shape index (κ3) is 2.86. The number of pyridine rings is 2. The van der Waals surface area contributed by atoms with Gasteiger partial charge in [-0.05, 0) is 41.9 Å². The van der Waals surface area contributed by atoms with Gasteiger partial charge in [0.1, 0.15) is 5.03 Å². The second-order valence-corrected chi connectivity index (χ2v) is 6.78. The number of aromatic nitrogens is 3. The zero-order valence-electron chi connectivity index (χ0n) is 13.0. The molecule has 1 N–H and O–H groups in total. The predicted octanol–water partition coefficient (Wildman–Crippen LogP) is 4.43. The number of nitrogens with one attached hydrogen (secondary N) is 1. The van der Waals surface area contributed by atoms with Crippen LogP contribution in [0.2, 0.25) is 0 Å². The fourth-order valence-electron chi connectivity index (χ4n) is 2.55. The van der Waals surface area contributed by atoms with E-state index in [0.717, 1.165) is 32.4 Å². The van der Waals surface area contributed by atoms with Gasteiger partial charge in [-0.25, -0.2) is 9.97 Å². The minimum atomic E-state index is 0.987. The summed E-state index contributed by atoms with van der Waals surface area (Å²) in [6.45, 7) is 0. The fraction of sp³-hybridized carbons (Fsp3) is 0.0556. The normalized spacial score (nSPS) is 10.9. The Morgan fingerprint density at radius 1 is 1.04 bits per heavy atom. The third-order valence-corrected chi connectivity index (χ3v) is 5.21. The SMILES string of the molecule is CSc1ncccc1Nc1cccc(-[n+]2csc3ncccc32)c1. The van der Waals surface area contributed by atoms with Crippen molar-refractivity contribution in [3.8, 4) is 5.69 Å². The zero-order valence-corrected chi connectivity index (χ0v) is 14.6. The molecule has 0 saturated heterocycles. The summed E-state index contributed by atoms with van der Waals surface area (Å²) in [5, 5.41) is 4.45. The van der Waals surface area contributed by atoms with Crippen molar-refractivity contribution in [2.24, 2.45) is 0 Å². The minimum absolute atomic E-state index is 0.987. The molecular weight excluding hydrogens is 336 g/mol. The lowest BCUT2D eigenvalue weighted by atomic mass is 10.2. The number of fused-ring (bicyclic) bond motifs is 1. The molecule has 4 rings (SSSR count). The maximum atomic E-state index is 4.41. The van der Waals surface area contributed by atoms with Gasteiger partial charge >= 0.3 is 0 Å². The number of hydrogen-bond donors (Lipinski definition) is 1. The van der Waals surface area contributed by atoms with Crippen molar-refractivity contribution < 1.29 is 4.57 Å². The van der Waals surface area contributed by atoms with Gasteiger partial charge in [0.05, 0.1) is 5.69 Å². The zero-order chi connectivity index (χ0) is 16.4. The molecule has 1 aromatic carbocycles. The summed E-state index contributed by atoms with van der Waals surface area (Å²) in [5.74, 6) is 0. The summed E-state index contributed by atoms with van der Waals surface area (Å²) in [7, 11) is 0. The van der Waals surface area contributed by atoms with Crippen LogP contribution >= 0.6 is 23.1 Å². The lowest BCUT2D eigenvalue weighted by Crippen LogP contribution is -2.28. The van der Waals surface area contributed by atoms with E-state index in [1.54, 1.807) is 23.1 Å². The molecular formula is C18H15N4S2+. The lowest BCUT2D eigenvalue weighted by Gasteiger charge is -2.09. The van der Waals surface area contributed by atoms with Crippen molar-refractivity contribution in [2.45, 2.75) is 5.03 Å². The van der Waals surface area contributed by atoms with Gasteiger partial charge in [0.2, 0.25) is 16.7 Å². The van der Waals surface area contributed by atoms with Crippen LogP contribution in [0, 0.1) is 0 Å². The van der Waals surface area contributed by atoms with E-state index in [4.69, 9.17) is 0 Å². The molecule has 4 aromatic rings. The largest absolute Gasteiger partial charge is 0.353 e. The summed E-state index contributed by atoms with van der Waals surface area (Å²) in [6.07, 6.45) is 5.67. The number of hydrogen-bond acceptors (Lipinski definition) is 5. The molecule has 0 fully saturated rings. The smallest absolute Gasteiger partial charge is 0.248 e. The highest BCUT2D eigenvalue weighted by Gasteiger charge is 2.15. The van der Waals surface area contributed by atoms with Crippen LogP contribution in [0.4, 0.5) is 11.4 Å². The maximum Gasteiger partial charge on any atom is 0.248 e. The van der Waals surface area contributed by atoms with Crippen molar-refractivity contribution in [3.05, 3.63) is 66.4 Å². The first-order valence-corrected chi connectivity index (χ1v) is 9.56. The molecule has 0 radical (unpaired) electrons. The first-order valence-electron chi connectivity index (χ1n) is 7.45. The van der Waals surface area contributed by atoms with Crippen molar-refractivity contribution in [1.82, 2.24) is 9.97 Å². The number of nitrogens with zero attached hydrogens (tertiary/aromatic N) is 3. The van der Waals surface area contributed by atoms with Crippen LogP contribution in [0.1, 0.15) is 0 Å². The van der Waals surface area contributed by atoms with Gasteiger partial charge in [0, 0.05) is 36.3 Å². The molecule has 118 valence electrons. The Bertz CT molecular complexity index is 997. The quantitative estimate of drug-likeness (QED) is 0.436. The molecule has 3 aromatic heterocycles. The molecule has 0 unspecified atom stereocenters. The molecule has 4 nitrogen and oxygen atoms in total. The summed E-state index contributed by atoms with van der Waals surface area (Å²) in [4.78, 5) is 9.84. The minimum Gasteiger partial charge on any atom is -0.353 e. The van der Waals surface area contributed by atoms with E-state index in [9.17, 15) is 0 Å². The molecule has 0 aliphatic rings. The summed E-state index contributed by atoms with van der Waals surface area (Å²) >= 11 is 3.28. The van der Waals surface area contributed by atoms with Gasteiger partial charge in [0.25, 0.3) is 0 Å². The van der Waals surface area contributed by atoms with Crippen molar-refractivity contribution in [2.75, 3.05) is 11.6 Å². The second-order valence-electron chi connectivity index (χ2n) is 5.16. The first-order chi connectivity index (χ1) is 11.8. The molecule has 6 heteroatoms. The number of anilines is 2. The van der Waals surface area contributed by atoms with Gasteiger partial charge in [-0.2, -0.15) is 0 Å². The standard InChI is InChI=1S/C18H15N4S2/c1-23-17-15(7-3-9-19-17)21-13-5-2-6-14(11-13)22-12-24-18-16(22)8-4-10-20-18/h2-12,21H,1H3/q+1. The van der Waals surface area contributed by atoms with Crippen LogP contribution in [0.25, 0.3) is 16.0 Å². The molecule has 0 aliphatic heterocycles. The maximum absolute atomic E-state index is 4.41. The van der Waals surface area contributed by atoms with Crippen LogP contribution in [0.3, 0.4) is 0 Å². The number of thioether (sulfide) groups is 1. The monoisotopic (exact) mass is 351 g/mol. The number of rotatable bonds is 4. The molecule has 0 amide bonds. The summed E-state index contributed by atoms with van der Waals surface area (Å²) in [6, 6.07) is 16.4. The Balaban J connectivity index is 1.71. The van der Waals surface area contributed by atoms with E-state index in [0.29, 0.717) is 0 Å². The lowest BCUT2D eigenvalue weighted by molar-refractivity contribution is -0.562. The Morgan fingerprint density at radius 2 is 1.92 bits per heavy atom. The molecule has 3 heterocycles. The third-order valence-electron chi connectivity index (χ3n) is 3.65. The topological polar surface area (TPSA) is 41.7 Å². The van der Waals surface area contributed by atoms with Crippen LogP contribution in [-0.4, -0.2) is 16.2 Å². The summed E-state index contributed by atoms with van der Waals surface area (Å²) < 4.78 is 2.16. The fourth-order valence-corrected chi connectivity index (χ4v) is 3.91. The van der Waals surface area contributed by atoms with Gasteiger partial charge in [0.15, 0.2) is 4.83 Å². The van der Waals surface area contributed by atoms with Crippen LogP contribution in [0.5, 0.6) is 0 Å². The second kappa shape index (κ2) is 6.59. The molecule has 24 heavy (non-hydrogen) atoms. The van der Waals surface area contributed by atoms with Crippen LogP contribution in [-0.2, 0) is 0 Å². The first kappa shape index (κ1) is 15.1. The van der Waals surface area contributed by atoms with Crippen molar-refractivity contribution in [3.63, 3.8) is 0 Å². The number of benzene rings is 1.